The van der Waals surface area contributed by atoms with Gasteiger partial charge in [-0.25, -0.2) is 8.42 Å². The van der Waals surface area contributed by atoms with Gasteiger partial charge in [-0.15, -0.1) is 0 Å². The van der Waals surface area contributed by atoms with Gasteiger partial charge in [0.05, 0.1) is 10.6 Å². The third-order valence-corrected chi connectivity index (χ3v) is 7.46. The Hall–Kier alpha value is -1.40. The smallest absolute Gasteiger partial charge is 0.222 e. The number of amides is 1. The van der Waals surface area contributed by atoms with Crippen molar-refractivity contribution >= 4 is 15.7 Å². The summed E-state index contributed by atoms with van der Waals surface area (Å²) in [6.45, 7) is 3.49. The quantitative estimate of drug-likeness (QED) is 0.732. The second kappa shape index (κ2) is 9.00. The molecule has 1 heterocycles. The van der Waals surface area contributed by atoms with Crippen molar-refractivity contribution in [3.05, 3.63) is 30.3 Å². The molecule has 1 amide bonds. The van der Waals surface area contributed by atoms with Crippen molar-refractivity contribution in [1.29, 1.82) is 0 Å². The third-order valence-electron chi connectivity index (χ3n) is 5.74. The van der Waals surface area contributed by atoms with Crippen LogP contribution in [-0.2, 0) is 14.6 Å². The van der Waals surface area contributed by atoms with Crippen molar-refractivity contribution in [2.45, 2.75) is 43.4 Å². The highest BCUT2D eigenvalue weighted by Crippen LogP contribution is 2.28. The monoisotopic (exact) mass is 378 g/mol. The summed E-state index contributed by atoms with van der Waals surface area (Å²) in [6, 6.07) is 8.63. The number of carbonyl (C=O) groups excluding carboxylic acids is 1. The Kier molecular flexibility index (Phi) is 6.70. The molecule has 144 valence electrons. The van der Waals surface area contributed by atoms with Gasteiger partial charge in [-0.05, 0) is 24.5 Å². The fourth-order valence-corrected chi connectivity index (χ4v) is 5.31. The normalized spacial score (nSPS) is 19.8. The SMILES string of the molecule is O=C(CCC1CCCC1)N1CCN(CCS(=O)(=O)c2ccccc2)CC1. The van der Waals surface area contributed by atoms with Crippen LogP contribution in [0.25, 0.3) is 0 Å². The van der Waals surface area contributed by atoms with Crippen LogP contribution in [0.4, 0.5) is 0 Å². The van der Waals surface area contributed by atoms with Crippen LogP contribution in [0.1, 0.15) is 38.5 Å². The number of nitrogens with zero attached hydrogens (tertiary/aromatic N) is 2. The second-order valence-electron chi connectivity index (χ2n) is 7.54. The maximum absolute atomic E-state index is 12.4. The molecule has 0 atom stereocenters. The molecule has 0 aromatic heterocycles. The Bertz CT molecular complexity index is 676. The highest BCUT2D eigenvalue weighted by Gasteiger charge is 2.24. The van der Waals surface area contributed by atoms with Gasteiger partial charge >= 0.3 is 0 Å². The lowest BCUT2D eigenvalue weighted by Gasteiger charge is -2.34. The molecule has 2 fully saturated rings. The number of benzene rings is 1. The van der Waals surface area contributed by atoms with Crippen molar-refractivity contribution in [1.82, 2.24) is 9.80 Å². The number of rotatable bonds is 7. The summed E-state index contributed by atoms with van der Waals surface area (Å²) in [6.07, 6.45) is 6.93. The summed E-state index contributed by atoms with van der Waals surface area (Å²) in [7, 11) is -3.23. The molecule has 5 nitrogen and oxygen atoms in total. The van der Waals surface area contributed by atoms with Crippen LogP contribution in [-0.4, -0.2) is 62.6 Å². The first-order chi connectivity index (χ1) is 12.5. The topological polar surface area (TPSA) is 57.7 Å². The Balaban J connectivity index is 1.39. The molecule has 1 aromatic rings. The van der Waals surface area contributed by atoms with Crippen LogP contribution in [0.15, 0.2) is 35.2 Å². The van der Waals surface area contributed by atoms with Gasteiger partial charge in [0.1, 0.15) is 0 Å². The molecule has 0 N–H and O–H groups in total. The first kappa shape index (κ1) is 19.4. The van der Waals surface area contributed by atoms with E-state index in [0.29, 0.717) is 17.9 Å². The van der Waals surface area contributed by atoms with E-state index in [9.17, 15) is 13.2 Å². The van der Waals surface area contributed by atoms with E-state index < -0.39 is 9.84 Å². The van der Waals surface area contributed by atoms with Gasteiger partial charge < -0.3 is 4.90 Å². The highest BCUT2D eigenvalue weighted by atomic mass is 32.2. The summed E-state index contributed by atoms with van der Waals surface area (Å²) in [5.41, 5.74) is 0. The van der Waals surface area contributed by atoms with Crippen molar-refractivity contribution in [3.63, 3.8) is 0 Å². The minimum Gasteiger partial charge on any atom is -0.340 e. The highest BCUT2D eigenvalue weighted by molar-refractivity contribution is 7.91. The lowest BCUT2D eigenvalue weighted by Crippen LogP contribution is -2.49. The predicted molar refractivity (Wildman–Crippen MR) is 103 cm³/mol. The van der Waals surface area contributed by atoms with E-state index in [-0.39, 0.29) is 11.7 Å². The van der Waals surface area contributed by atoms with E-state index in [1.165, 1.54) is 25.7 Å². The Morgan fingerprint density at radius 2 is 1.65 bits per heavy atom. The van der Waals surface area contributed by atoms with Crippen molar-refractivity contribution in [2.24, 2.45) is 5.92 Å². The van der Waals surface area contributed by atoms with E-state index in [1.54, 1.807) is 24.3 Å². The van der Waals surface area contributed by atoms with Crippen LogP contribution in [0.2, 0.25) is 0 Å². The second-order valence-corrected chi connectivity index (χ2v) is 9.65. The largest absolute Gasteiger partial charge is 0.340 e. The van der Waals surface area contributed by atoms with E-state index in [4.69, 9.17) is 0 Å². The lowest BCUT2D eigenvalue weighted by molar-refractivity contribution is -0.133. The Morgan fingerprint density at radius 1 is 1.00 bits per heavy atom. The molecule has 3 rings (SSSR count). The zero-order chi connectivity index (χ0) is 18.4. The molecule has 1 aromatic carbocycles. The number of carbonyl (C=O) groups is 1. The van der Waals surface area contributed by atoms with Crippen LogP contribution < -0.4 is 0 Å². The molecular weight excluding hydrogens is 348 g/mol. The number of sulfone groups is 1. The molecule has 1 aliphatic carbocycles. The van der Waals surface area contributed by atoms with Gasteiger partial charge in [-0.1, -0.05) is 43.9 Å². The van der Waals surface area contributed by atoms with Crippen molar-refractivity contribution in [2.75, 3.05) is 38.5 Å². The van der Waals surface area contributed by atoms with Crippen LogP contribution >= 0.6 is 0 Å². The molecule has 26 heavy (non-hydrogen) atoms. The van der Waals surface area contributed by atoms with Crippen LogP contribution in [0.5, 0.6) is 0 Å². The van der Waals surface area contributed by atoms with Gasteiger partial charge in [0.25, 0.3) is 0 Å². The summed E-state index contributed by atoms with van der Waals surface area (Å²) in [5.74, 6) is 1.16. The maximum Gasteiger partial charge on any atom is 0.222 e. The molecular formula is C20H30N2O3S. The zero-order valence-corrected chi connectivity index (χ0v) is 16.3. The van der Waals surface area contributed by atoms with E-state index >= 15 is 0 Å². The Morgan fingerprint density at radius 3 is 2.31 bits per heavy atom. The summed E-state index contributed by atoms with van der Waals surface area (Å²) in [5, 5.41) is 0. The molecule has 0 spiro atoms. The van der Waals surface area contributed by atoms with Gasteiger partial charge in [-0.3, -0.25) is 9.69 Å². The molecule has 0 unspecified atom stereocenters. The summed E-state index contributed by atoms with van der Waals surface area (Å²) < 4.78 is 24.7. The third kappa shape index (κ3) is 5.30. The maximum atomic E-state index is 12.4. The van der Waals surface area contributed by atoms with Crippen molar-refractivity contribution in [3.8, 4) is 0 Å². The molecule has 0 bridgehead atoms. The average molecular weight is 379 g/mol. The fourth-order valence-electron chi connectivity index (χ4n) is 4.00. The van der Waals surface area contributed by atoms with Crippen LogP contribution in [0.3, 0.4) is 0 Å². The molecule has 1 aliphatic heterocycles. The number of hydrogen-bond acceptors (Lipinski definition) is 4. The van der Waals surface area contributed by atoms with Gasteiger partial charge in [-0.2, -0.15) is 0 Å². The minimum atomic E-state index is -3.23. The fraction of sp³-hybridized carbons (Fsp3) is 0.650. The van der Waals surface area contributed by atoms with E-state index in [2.05, 4.69) is 4.90 Å². The predicted octanol–water partition coefficient (Wildman–Crippen LogP) is 2.57. The molecule has 1 saturated heterocycles. The zero-order valence-electron chi connectivity index (χ0n) is 15.5. The summed E-state index contributed by atoms with van der Waals surface area (Å²) in [4.78, 5) is 16.9. The molecule has 2 aliphatic rings. The summed E-state index contributed by atoms with van der Waals surface area (Å²) >= 11 is 0. The molecule has 1 saturated carbocycles. The number of hydrogen-bond donors (Lipinski definition) is 0. The van der Waals surface area contributed by atoms with Gasteiger partial charge in [0, 0.05) is 39.1 Å². The average Bonchev–Trinajstić information content (AvgIpc) is 3.19. The first-order valence-electron chi connectivity index (χ1n) is 9.82. The van der Waals surface area contributed by atoms with Crippen LogP contribution in [0, 0.1) is 5.92 Å². The molecule has 0 radical (unpaired) electrons. The molecule has 6 heteroatoms. The first-order valence-corrected chi connectivity index (χ1v) is 11.5. The Labute approximate surface area is 157 Å². The standard InChI is InChI=1S/C20H30N2O3S/c23-20(11-10-18-6-4-5-7-18)22-14-12-21(13-15-22)16-17-26(24,25)19-8-2-1-3-9-19/h1-3,8-9,18H,4-7,10-17H2. The van der Waals surface area contributed by atoms with Gasteiger partial charge in [0.15, 0.2) is 9.84 Å². The van der Waals surface area contributed by atoms with E-state index in [0.717, 1.165) is 38.5 Å². The lowest BCUT2D eigenvalue weighted by atomic mass is 10.0. The minimum absolute atomic E-state index is 0.132. The van der Waals surface area contributed by atoms with Gasteiger partial charge in [0.2, 0.25) is 5.91 Å². The van der Waals surface area contributed by atoms with Crippen molar-refractivity contribution < 1.29 is 13.2 Å². The number of piperazine rings is 1. The van der Waals surface area contributed by atoms with E-state index in [1.807, 2.05) is 11.0 Å².